The van der Waals surface area contributed by atoms with Gasteiger partial charge in [0, 0.05) is 74.5 Å². The number of aromatic nitrogens is 2. The van der Waals surface area contributed by atoms with Gasteiger partial charge in [0.1, 0.15) is 23.0 Å². The number of ether oxygens (including phenoxy) is 2. The number of aryl methyl sites for hydroxylation is 1. The molecule has 5 aromatic carbocycles. The number of hydrogen-bond acceptors (Lipinski definition) is 8. The van der Waals surface area contributed by atoms with Gasteiger partial charge < -0.3 is 29.7 Å². The first-order valence-corrected chi connectivity index (χ1v) is 16.9. The molecule has 12 nitrogen and oxygen atoms in total. The largest absolute Gasteiger partial charge is 0.507 e. The molecule has 2 heterocycles. The molecule has 7 rings (SSSR count). The molecule has 2 amide bonds. The van der Waals surface area contributed by atoms with E-state index in [1.54, 1.807) is 36.4 Å². The third-order valence-electron chi connectivity index (χ3n) is 9.20. The minimum atomic E-state index is -0.423. The van der Waals surface area contributed by atoms with Gasteiger partial charge in [-0.3, -0.25) is 9.59 Å². The fraction of sp³-hybridized carbons (Fsp3) is 0.0952. The van der Waals surface area contributed by atoms with E-state index in [9.17, 15) is 19.8 Å². The number of benzene rings is 5. The average molecular weight is 721 g/mol. The zero-order valence-electron chi connectivity index (χ0n) is 29.5. The molecular weight excluding hydrogens is 684 g/mol. The smallest absolute Gasteiger partial charge is 0.271 e. The number of phenolic OH excluding ortho intramolecular Hbond substituents is 2. The summed E-state index contributed by atoms with van der Waals surface area (Å²) in [5, 5.41) is 30.3. The number of methoxy groups -OCH3 is 2. The highest BCUT2D eigenvalue weighted by Crippen LogP contribution is 2.40. The van der Waals surface area contributed by atoms with Crippen LogP contribution in [0.4, 0.5) is 0 Å². The number of hydrazone groups is 2. The minimum Gasteiger partial charge on any atom is -0.507 e. The molecule has 0 aliphatic heterocycles. The molecule has 270 valence electrons. The quantitative estimate of drug-likeness (QED) is 0.0615. The van der Waals surface area contributed by atoms with Gasteiger partial charge in [-0.05, 0) is 84.3 Å². The summed E-state index contributed by atoms with van der Waals surface area (Å²) in [6.45, 7) is 2.03. The number of nitrogens with one attached hydrogen (secondary N) is 4. The van der Waals surface area contributed by atoms with Gasteiger partial charge in [-0.1, -0.05) is 29.8 Å². The Bertz CT molecular complexity index is 2410. The maximum Gasteiger partial charge on any atom is 0.271 e. The van der Waals surface area contributed by atoms with Crippen molar-refractivity contribution in [2.45, 2.75) is 12.8 Å². The Balaban J connectivity index is 1.20. The Morgan fingerprint density at radius 3 is 1.54 bits per heavy atom. The van der Waals surface area contributed by atoms with Crippen molar-refractivity contribution in [3.05, 3.63) is 154 Å². The van der Waals surface area contributed by atoms with E-state index in [1.165, 1.54) is 38.8 Å². The lowest BCUT2D eigenvalue weighted by molar-refractivity contribution is 0.0947. The standard InChI is InChI=1S/C42H36N6O6/c1-24-4-6-25(7-5-24)40(34-22-43-36-14-10-26(16-32(34)36)41(51)47-45-20-28-8-12-30(53-2)18-38(28)49)35-23-44-37-15-11-27(17-33(35)37)42(52)48-46-21-29-9-13-31(54-3)19-39(29)50/h4-23,40,43-44,49-50H,1-3H3,(H,47,51)(H,48,52)/b45-20+,46-21+. The maximum absolute atomic E-state index is 13.3. The minimum absolute atomic E-state index is 0.0303. The van der Waals surface area contributed by atoms with Crippen molar-refractivity contribution in [1.82, 2.24) is 20.8 Å². The van der Waals surface area contributed by atoms with Crippen LogP contribution in [0.5, 0.6) is 23.0 Å². The van der Waals surface area contributed by atoms with E-state index in [4.69, 9.17) is 9.47 Å². The van der Waals surface area contributed by atoms with E-state index in [1.807, 2.05) is 43.6 Å². The summed E-state index contributed by atoms with van der Waals surface area (Å²) in [5.41, 5.74) is 12.4. The first-order valence-electron chi connectivity index (χ1n) is 16.9. The number of amides is 2. The zero-order chi connectivity index (χ0) is 37.8. The molecule has 0 fully saturated rings. The van der Waals surface area contributed by atoms with Gasteiger partial charge in [0.15, 0.2) is 0 Å². The number of carbonyl (C=O) groups excluding carboxylic acids is 2. The molecule has 0 bridgehead atoms. The second-order valence-electron chi connectivity index (χ2n) is 12.6. The summed E-state index contributed by atoms with van der Waals surface area (Å²) in [6, 6.07) is 28.6. The third-order valence-corrected chi connectivity index (χ3v) is 9.20. The molecule has 54 heavy (non-hydrogen) atoms. The number of rotatable bonds is 11. The number of nitrogens with zero attached hydrogens (tertiary/aromatic N) is 2. The lowest BCUT2D eigenvalue weighted by Crippen LogP contribution is -2.17. The van der Waals surface area contributed by atoms with Crippen molar-refractivity contribution < 1.29 is 29.3 Å². The predicted octanol–water partition coefficient (Wildman–Crippen LogP) is 7.09. The summed E-state index contributed by atoms with van der Waals surface area (Å²) in [5.74, 6) is -0.200. The molecule has 0 saturated carbocycles. The van der Waals surface area contributed by atoms with Crippen LogP contribution < -0.4 is 20.3 Å². The van der Waals surface area contributed by atoms with E-state index in [0.717, 1.165) is 44.1 Å². The Morgan fingerprint density at radius 1 is 0.648 bits per heavy atom. The first kappa shape index (κ1) is 35.1. The molecule has 0 unspecified atom stereocenters. The third kappa shape index (κ3) is 7.21. The number of aromatic hydroxyl groups is 2. The monoisotopic (exact) mass is 720 g/mol. The zero-order valence-corrected chi connectivity index (χ0v) is 29.5. The molecule has 0 radical (unpaired) electrons. The fourth-order valence-corrected chi connectivity index (χ4v) is 6.30. The van der Waals surface area contributed by atoms with Crippen LogP contribution in [0.3, 0.4) is 0 Å². The Kier molecular flexibility index (Phi) is 9.81. The van der Waals surface area contributed by atoms with Crippen LogP contribution in [-0.2, 0) is 0 Å². The first-order chi connectivity index (χ1) is 26.2. The normalized spacial score (nSPS) is 11.6. The van der Waals surface area contributed by atoms with Gasteiger partial charge >= 0.3 is 0 Å². The Hall–Kier alpha value is -7.34. The molecule has 12 heteroatoms. The van der Waals surface area contributed by atoms with E-state index >= 15 is 0 Å². The van der Waals surface area contributed by atoms with E-state index < -0.39 is 11.8 Å². The van der Waals surface area contributed by atoms with E-state index in [2.05, 4.69) is 55.3 Å². The molecule has 0 spiro atoms. The molecule has 2 aromatic heterocycles. The lowest BCUT2D eigenvalue weighted by Gasteiger charge is -2.18. The van der Waals surface area contributed by atoms with Gasteiger partial charge in [-0.2, -0.15) is 10.2 Å². The topological polar surface area (TPSA) is 173 Å². The SMILES string of the molecule is COc1ccc(/C=N/NC(=O)c2ccc3[nH]cc(C(c4ccc(C)cc4)c4c[nH]c5ccc(C(=O)N/N=C/c6ccc(OC)cc6O)cc45)c3c2)c(O)c1. The van der Waals surface area contributed by atoms with E-state index in [0.29, 0.717) is 33.8 Å². The molecule has 0 aliphatic carbocycles. The van der Waals surface area contributed by atoms with Crippen molar-refractivity contribution >= 4 is 46.0 Å². The van der Waals surface area contributed by atoms with Crippen LogP contribution in [0.25, 0.3) is 21.8 Å². The highest BCUT2D eigenvalue weighted by Gasteiger charge is 2.24. The molecule has 0 aliphatic rings. The predicted molar refractivity (Wildman–Crippen MR) is 208 cm³/mol. The number of hydrogen-bond donors (Lipinski definition) is 6. The second kappa shape index (κ2) is 15.1. The van der Waals surface area contributed by atoms with Crippen molar-refractivity contribution in [2.24, 2.45) is 10.2 Å². The fourth-order valence-electron chi connectivity index (χ4n) is 6.30. The van der Waals surface area contributed by atoms with Gasteiger partial charge in [0.05, 0.1) is 26.6 Å². The van der Waals surface area contributed by atoms with Crippen molar-refractivity contribution in [1.29, 1.82) is 0 Å². The summed E-state index contributed by atoms with van der Waals surface area (Å²) in [7, 11) is 3.02. The lowest BCUT2D eigenvalue weighted by atomic mass is 9.84. The second-order valence-corrected chi connectivity index (χ2v) is 12.6. The van der Waals surface area contributed by atoms with Crippen LogP contribution in [0.2, 0.25) is 0 Å². The molecule has 6 N–H and O–H groups in total. The summed E-state index contributed by atoms with van der Waals surface area (Å²) in [6.07, 6.45) is 6.62. The van der Waals surface area contributed by atoms with Crippen molar-refractivity contribution in [3.63, 3.8) is 0 Å². The highest BCUT2D eigenvalue weighted by atomic mass is 16.5. The Morgan fingerprint density at radius 2 is 1.11 bits per heavy atom. The van der Waals surface area contributed by atoms with Crippen LogP contribution in [0, 0.1) is 6.92 Å². The molecule has 0 atom stereocenters. The van der Waals surface area contributed by atoms with Gasteiger partial charge in [-0.25, -0.2) is 10.9 Å². The van der Waals surface area contributed by atoms with Crippen LogP contribution >= 0.6 is 0 Å². The average Bonchev–Trinajstić information content (AvgIpc) is 3.80. The number of aromatic amines is 2. The summed E-state index contributed by atoms with van der Waals surface area (Å²) >= 11 is 0. The highest BCUT2D eigenvalue weighted by molar-refractivity contribution is 6.01. The number of carbonyl (C=O) groups is 2. The van der Waals surface area contributed by atoms with Gasteiger partial charge in [0.25, 0.3) is 11.8 Å². The number of fused-ring (bicyclic) bond motifs is 2. The summed E-state index contributed by atoms with van der Waals surface area (Å²) in [4.78, 5) is 33.3. The van der Waals surface area contributed by atoms with Crippen LogP contribution in [-0.4, -0.2) is 58.6 Å². The molecular formula is C42H36N6O6. The van der Waals surface area contributed by atoms with Crippen LogP contribution in [0.15, 0.2) is 120 Å². The van der Waals surface area contributed by atoms with Crippen molar-refractivity contribution in [3.8, 4) is 23.0 Å². The molecule has 0 saturated heterocycles. The van der Waals surface area contributed by atoms with Crippen LogP contribution in [0.1, 0.15) is 60.0 Å². The summed E-state index contributed by atoms with van der Waals surface area (Å²) < 4.78 is 10.2. The number of H-pyrrole nitrogens is 2. The van der Waals surface area contributed by atoms with Gasteiger partial charge in [0.2, 0.25) is 0 Å². The number of phenols is 2. The molecule has 7 aromatic rings. The Labute approximate surface area is 309 Å². The van der Waals surface area contributed by atoms with Crippen molar-refractivity contribution in [2.75, 3.05) is 14.2 Å². The van der Waals surface area contributed by atoms with Gasteiger partial charge in [-0.15, -0.1) is 0 Å². The maximum atomic E-state index is 13.3. The van der Waals surface area contributed by atoms with E-state index in [-0.39, 0.29) is 17.4 Å².